The molecule has 1 heterocycles. The zero-order valence-electron chi connectivity index (χ0n) is 9.97. The molecule has 0 radical (unpaired) electrons. The SMILES string of the molecule is O=C(O)CCC(NC(=O)c1ccnc(F)c1F)C(=O)O. The minimum absolute atomic E-state index is 0.383. The van der Waals surface area contributed by atoms with Gasteiger partial charge in [0.25, 0.3) is 5.91 Å². The van der Waals surface area contributed by atoms with Crippen LogP contribution in [0.3, 0.4) is 0 Å². The predicted octanol–water partition coefficient (Wildman–Crippen LogP) is 0.408. The average Bonchev–Trinajstić information content (AvgIpc) is 2.36. The highest BCUT2D eigenvalue weighted by Crippen LogP contribution is 2.09. The molecule has 1 unspecified atom stereocenters. The molecular weight excluding hydrogens is 278 g/mol. The standard InChI is InChI=1S/C11H10F2N2O5/c12-8-5(3-4-14-9(8)13)10(18)15-6(11(19)20)1-2-7(16)17/h3-4,6H,1-2H2,(H,15,18)(H,16,17)(H,19,20). The zero-order chi connectivity index (χ0) is 15.3. The van der Waals surface area contributed by atoms with E-state index in [9.17, 15) is 23.2 Å². The molecule has 3 N–H and O–H groups in total. The quantitative estimate of drug-likeness (QED) is 0.653. The number of hydrogen-bond donors (Lipinski definition) is 3. The third-order valence-corrected chi connectivity index (χ3v) is 2.34. The lowest BCUT2D eigenvalue weighted by Gasteiger charge is -2.13. The monoisotopic (exact) mass is 288 g/mol. The minimum Gasteiger partial charge on any atom is -0.481 e. The van der Waals surface area contributed by atoms with Gasteiger partial charge in [0.05, 0.1) is 5.56 Å². The Labute approximate surface area is 111 Å². The topological polar surface area (TPSA) is 117 Å². The van der Waals surface area contributed by atoms with E-state index in [1.807, 2.05) is 5.32 Å². The summed E-state index contributed by atoms with van der Waals surface area (Å²) in [4.78, 5) is 35.8. The first-order valence-corrected chi connectivity index (χ1v) is 5.38. The second kappa shape index (κ2) is 6.55. The number of nitrogens with zero attached hydrogens (tertiary/aromatic N) is 1. The number of carbonyl (C=O) groups is 3. The largest absolute Gasteiger partial charge is 0.481 e. The highest BCUT2D eigenvalue weighted by molar-refractivity contribution is 5.96. The summed E-state index contributed by atoms with van der Waals surface area (Å²) in [6.07, 6.45) is -0.0314. The molecule has 0 saturated heterocycles. The van der Waals surface area contributed by atoms with Gasteiger partial charge in [0, 0.05) is 12.6 Å². The number of amides is 1. The molecule has 0 aliphatic heterocycles. The highest BCUT2D eigenvalue weighted by Gasteiger charge is 2.24. The van der Waals surface area contributed by atoms with Crippen molar-refractivity contribution in [3.8, 4) is 0 Å². The van der Waals surface area contributed by atoms with E-state index >= 15 is 0 Å². The first-order valence-electron chi connectivity index (χ1n) is 5.38. The highest BCUT2D eigenvalue weighted by atomic mass is 19.2. The van der Waals surface area contributed by atoms with Crippen LogP contribution in [0.1, 0.15) is 23.2 Å². The van der Waals surface area contributed by atoms with E-state index in [1.165, 1.54) is 0 Å². The molecule has 0 aliphatic rings. The Hall–Kier alpha value is -2.58. The maximum Gasteiger partial charge on any atom is 0.326 e. The van der Waals surface area contributed by atoms with Crippen molar-refractivity contribution in [3.05, 3.63) is 29.6 Å². The fourth-order valence-electron chi connectivity index (χ4n) is 1.35. The smallest absolute Gasteiger partial charge is 0.326 e. The Morgan fingerprint density at radius 2 is 1.95 bits per heavy atom. The molecule has 1 aromatic rings. The molecule has 0 spiro atoms. The van der Waals surface area contributed by atoms with Crippen LogP contribution >= 0.6 is 0 Å². The lowest BCUT2D eigenvalue weighted by Crippen LogP contribution is -2.41. The van der Waals surface area contributed by atoms with Crippen LogP contribution in [0, 0.1) is 11.8 Å². The van der Waals surface area contributed by atoms with Gasteiger partial charge in [-0.3, -0.25) is 9.59 Å². The van der Waals surface area contributed by atoms with Crippen molar-refractivity contribution in [3.63, 3.8) is 0 Å². The van der Waals surface area contributed by atoms with Gasteiger partial charge in [-0.05, 0) is 12.5 Å². The van der Waals surface area contributed by atoms with Crippen molar-refractivity contribution in [1.82, 2.24) is 10.3 Å². The molecule has 108 valence electrons. The van der Waals surface area contributed by atoms with Crippen molar-refractivity contribution in [1.29, 1.82) is 0 Å². The molecule has 1 aromatic heterocycles. The second-order valence-electron chi connectivity index (χ2n) is 3.76. The van der Waals surface area contributed by atoms with Gasteiger partial charge < -0.3 is 15.5 Å². The Bertz CT molecular complexity index is 550. The number of halogens is 2. The summed E-state index contributed by atoms with van der Waals surface area (Å²) in [6, 6.07) is -0.640. The Morgan fingerprint density at radius 1 is 1.30 bits per heavy atom. The van der Waals surface area contributed by atoms with Gasteiger partial charge in [-0.15, -0.1) is 0 Å². The summed E-state index contributed by atoms with van der Waals surface area (Å²) in [5.41, 5.74) is -0.709. The van der Waals surface area contributed by atoms with Crippen LogP contribution in [-0.2, 0) is 9.59 Å². The van der Waals surface area contributed by atoms with E-state index in [1.54, 1.807) is 0 Å². The third-order valence-electron chi connectivity index (χ3n) is 2.34. The van der Waals surface area contributed by atoms with Gasteiger partial charge in [0.2, 0.25) is 5.95 Å². The van der Waals surface area contributed by atoms with E-state index < -0.39 is 47.6 Å². The number of aliphatic carboxylic acids is 2. The van der Waals surface area contributed by atoms with Crippen LogP contribution in [0.2, 0.25) is 0 Å². The molecular formula is C11H10F2N2O5. The van der Waals surface area contributed by atoms with Crippen LogP contribution in [0.25, 0.3) is 0 Å². The van der Waals surface area contributed by atoms with E-state index in [0.717, 1.165) is 12.3 Å². The normalized spacial score (nSPS) is 11.7. The van der Waals surface area contributed by atoms with Crippen molar-refractivity contribution in [2.75, 3.05) is 0 Å². The van der Waals surface area contributed by atoms with Gasteiger partial charge in [0.15, 0.2) is 5.82 Å². The van der Waals surface area contributed by atoms with Gasteiger partial charge in [-0.25, -0.2) is 14.2 Å². The van der Waals surface area contributed by atoms with E-state index in [4.69, 9.17) is 10.2 Å². The lowest BCUT2D eigenvalue weighted by atomic mass is 10.1. The number of pyridine rings is 1. The van der Waals surface area contributed by atoms with Crippen LogP contribution < -0.4 is 5.32 Å². The number of aromatic nitrogens is 1. The summed E-state index contributed by atoms with van der Waals surface area (Å²) < 4.78 is 26.1. The minimum atomic E-state index is -1.52. The maximum absolute atomic E-state index is 13.3. The van der Waals surface area contributed by atoms with Gasteiger partial charge >= 0.3 is 11.9 Å². The van der Waals surface area contributed by atoms with Crippen molar-refractivity contribution in [2.45, 2.75) is 18.9 Å². The maximum atomic E-state index is 13.3. The number of hydrogen-bond acceptors (Lipinski definition) is 4. The van der Waals surface area contributed by atoms with Crippen molar-refractivity contribution in [2.24, 2.45) is 0 Å². The average molecular weight is 288 g/mol. The number of nitrogens with one attached hydrogen (secondary N) is 1. The van der Waals surface area contributed by atoms with Crippen LogP contribution in [0.5, 0.6) is 0 Å². The molecule has 7 nitrogen and oxygen atoms in total. The molecule has 1 amide bonds. The van der Waals surface area contributed by atoms with Gasteiger partial charge in [-0.2, -0.15) is 4.39 Å². The van der Waals surface area contributed by atoms with E-state index in [-0.39, 0.29) is 6.42 Å². The molecule has 1 rings (SSSR count). The zero-order valence-corrected chi connectivity index (χ0v) is 9.97. The summed E-state index contributed by atoms with van der Waals surface area (Å²) >= 11 is 0. The lowest BCUT2D eigenvalue weighted by molar-refractivity contribution is -0.140. The Morgan fingerprint density at radius 3 is 2.50 bits per heavy atom. The van der Waals surface area contributed by atoms with Gasteiger partial charge in [0.1, 0.15) is 6.04 Å². The number of carbonyl (C=O) groups excluding carboxylic acids is 1. The summed E-state index contributed by atoms with van der Waals surface area (Å²) in [7, 11) is 0. The molecule has 0 bridgehead atoms. The molecule has 0 aliphatic carbocycles. The first-order chi connectivity index (χ1) is 9.32. The molecule has 0 fully saturated rings. The fraction of sp³-hybridized carbons (Fsp3) is 0.273. The summed E-state index contributed by atoms with van der Waals surface area (Å²) in [5, 5.41) is 19.2. The van der Waals surface area contributed by atoms with Crippen LogP contribution in [0.15, 0.2) is 12.3 Å². The predicted molar refractivity (Wildman–Crippen MR) is 59.9 cm³/mol. The number of carboxylic acids is 2. The third kappa shape index (κ3) is 3.97. The van der Waals surface area contributed by atoms with Crippen LogP contribution in [-0.4, -0.2) is 39.1 Å². The molecule has 9 heteroatoms. The van der Waals surface area contributed by atoms with E-state index in [0.29, 0.717) is 0 Å². The molecule has 0 aromatic carbocycles. The summed E-state index contributed by atoms with van der Waals surface area (Å²) in [5.74, 6) is -6.88. The molecule has 1 atom stereocenters. The van der Waals surface area contributed by atoms with Crippen molar-refractivity contribution >= 4 is 17.8 Å². The first kappa shape index (κ1) is 15.5. The van der Waals surface area contributed by atoms with Gasteiger partial charge in [-0.1, -0.05) is 0 Å². The second-order valence-corrected chi connectivity index (χ2v) is 3.76. The fourth-order valence-corrected chi connectivity index (χ4v) is 1.35. The Kier molecular flexibility index (Phi) is 5.07. The van der Waals surface area contributed by atoms with E-state index in [2.05, 4.69) is 4.98 Å². The number of carboxylic acid groups (broad SMARTS) is 2. The molecule has 0 saturated carbocycles. The van der Waals surface area contributed by atoms with Crippen LogP contribution in [0.4, 0.5) is 8.78 Å². The summed E-state index contributed by atoms with van der Waals surface area (Å²) in [6.45, 7) is 0. The van der Waals surface area contributed by atoms with Crippen molar-refractivity contribution < 1.29 is 33.4 Å². The Balaban J connectivity index is 2.83. The molecule has 20 heavy (non-hydrogen) atoms. The number of rotatable bonds is 6.